The summed E-state index contributed by atoms with van der Waals surface area (Å²) < 4.78 is 4.54. The van der Waals surface area contributed by atoms with Crippen molar-refractivity contribution in [2.45, 2.75) is 12.1 Å². The average Bonchev–Trinajstić information content (AvgIpc) is 2.44. The van der Waals surface area contributed by atoms with Gasteiger partial charge in [-0.05, 0) is 13.2 Å². The van der Waals surface area contributed by atoms with Gasteiger partial charge in [0.05, 0.1) is 18.3 Å². The first-order chi connectivity index (χ1) is 9.03. The summed E-state index contributed by atoms with van der Waals surface area (Å²) in [5, 5.41) is 0.605. The standard InChI is InChI=1S/C11H14ClN3O3S/c1-4-15(6-8(16)18-2)10(17)9-7(12)5-13-11(14-9)19-3/h5H,4,6H2,1-3H3. The number of ether oxygens (including phenoxy) is 1. The summed E-state index contributed by atoms with van der Waals surface area (Å²) in [7, 11) is 1.27. The highest BCUT2D eigenvalue weighted by Crippen LogP contribution is 2.18. The number of rotatable bonds is 5. The van der Waals surface area contributed by atoms with Crippen LogP contribution >= 0.6 is 23.4 Å². The maximum absolute atomic E-state index is 12.3. The Kier molecular flexibility index (Phi) is 6.04. The number of thioether (sulfide) groups is 1. The summed E-state index contributed by atoms with van der Waals surface area (Å²) in [6, 6.07) is 0. The molecule has 0 aromatic carbocycles. The molecular weight excluding hydrogens is 290 g/mol. The number of methoxy groups -OCH3 is 1. The molecule has 0 unspecified atom stereocenters. The van der Waals surface area contributed by atoms with Gasteiger partial charge in [0.2, 0.25) is 0 Å². The maximum Gasteiger partial charge on any atom is 0.325 e. The topological polar surface area (TPSA) is 72.4 Å². The highest BCUT2D eigenvalue weighted by atomic mass is 35.5. The first-order valence-electron chi connectivity index (χ1n) is 5.46. The zero-order valence-corrected chi connectivity index (χ0v) is 12.4. The Morgan fingerprint density at radius 1 is 1.53 bits per heavy atom. The molecule has 0 atom stereocenters. The second-order valence-electron chi connectivity index (χ2n) is 3.45. The van der Waals surface area contributed by atoms with Crippen molar-refractivity contribution in [1.29, 1.82) is 0 Å². The Hall–Kier alpha value is -1.34. The van der Waals surface area contributed by atoms with E-state index in [0.717, 1.165) is 0 Å². The Morgan fingerprint density at radius 2 is 2.21 bits per heavy atom. The van der Waals surface area contributed by atoms with Crippen molar-refractivity contribution in [3.05, 3.63) is 16.9 Å². The Balaban J connectivity index is 2.99. The van der Waals surface area contributed by atoms with E-state index in [-0.39, 0.29) is 17.3 Å². The number of nitrogens with zero attached hydrogens (tertiary/aromatic N) is 3. The van der Waals surface area contributed by atoms with Crippen LogP contribution in [0.3, 0.4) is 0 Å². The maximum atomic E-state index is 12.3. The normalized spacial score (nSPS) is 10.1. The molecular formula is C11H14ClN3O3S. The number of likely N-dealkylation sites (N-methyl/N-ethyl adjacent to an activating group) is 1. The minimum absolute atomic E-state index is 0.0896. The average molecular weight is 304 g/mol. The molecule has 104 valence electrons. The van der Waals surface area contributed by atoms with Gasteiger partial charge in [0.15, 0.2) is 10.9 Å². The van der Waals surface area contributed by atoms with E-state index in [0.29, 0.717) is 11.7 Å². The molecule has 0 spiro atoms. The molecule has 0 fully saturated rings. The molecule has 0 aliphatic rings. The van der Waals surface area contributed by atoms with E-state index >= 15 is 0 Å². The lowest BCUT2D eigenvalue weighted by molar-refractivity contribution is -0.141. The summed E-state index contributed by atoms with van der Waals surface area (Å²) in [4.78, 5) is 32.8. The van der Waals surface area contributed by atoms with Crippen LogP contribution in [0, 0.1) is 0 Å². The molecule has 0 saturated carbocycles. The van der Waals surface area contributed by atoms with Crippen LogP contribution in [-0.2, 0) is 9.53 Å². The number of aromatic nitrogens is 2. The van der Waals surface area contributed by atoms with Crippen LogP contribution in [0.25, 0.3) is 0 Å². The van der Waals surface area contributed by atoms with Crippen LogP contribution in [-0.4, -0.2) is 53.2 Å². The van der Waals surface area contributed by atoms with Gasteiger partial charge >= 0.3 is 5.97 Å². The Labute approximate surface area is 120 Å². The molecule has 1 aromatic heterocycles. The monoisotopic (exact) mass is 303 g/mol. The lowest BCUT2D eigenvalue weighted by Gasteiger charge is -2.19. The summed E-state index contributed by atoms with van der Waals surface area (Å²) in [5.41, 5.74) is 0.0896. The van der Waals surface area contributed by atoms with Crippen LogP contribution in [0.4, 0.5) is 0 Å². The molecule has 19 heavy (non-hydrogen) atoms. The number of halogens is 1. The molecule has 6 nitrogen and oxygen atoms in total. The van der Waals surface area contributed by atoms with Crippen molar-refractivity contribution >= 4 is 35.2 Å². The minimum Gasteiger partial charge on any atom is -0.468 e. The zero-order valence-electron chi connectivity index (χ0n) is 10.8. The third-order valence-corrected chi connectivity index (χ3v) is 3.16. The Bertz CT molecular complexity index is 484. The highest BCUT2D eigenvalue weighted by Gasteiger charge is 2.22. The first kappa shape index (κ1) is 15.7. The number of amides is 1. The molecule has 0 N–H and O–H groups in total. The fourth-order valence-electron chi connectivity index (χ4n) is 1.30. The summed E-state index contributed by atoms with van der Waals surface area (Å²) in [6.45, 7) is 1.97. The van der Waals surface area contributed by atoms with Gasteiger partial charge in [-0.2, -0.15) is 0 Å². The van der Waals surface area contributed by atoms with E-state index in [9.17, 15) is 9.59 Å². The van der Waals surface area contributed by atoms with Crippen molar-refractivity contribution in [3.8, 4) is 0 Å². The van der Waals surface area contributed by atoms with Gasteiger partial charge in [0, 0.05) is 6.54 Å². The molecule has 0 aliphatic heterocycles. The second-order valence-corrected chi connectivity index (χ2v) is 4.63. The first-order valence-corrected chi connectivity index (χ1v) is 7.06. The quantitative estimate of drug-likeness (QED) is 0.466. The van der Waals surface area contributed by atoms with Crippen LogP contribution in [0.15, 0.2) is 11.4 Å². The predicted octanol–water partition coefficient (Wildman–Crippen LogP) is 1.49. The number of hydrogen-bond donors (Lipinski definition) is 0. The lowest BCUT2D eigenvalue weighted by atomic mass is 10.3. The number of carbonyl (C=O) groups is 2. The van der Waals surface area contributed by atoms with E-state index in [1.165, 1.54) is 30.0 Å². The van der Waals surface area contributed by atoms with Gasteiger partial charge < -0.3 is 9.64 Å². The smallest absolute Gasteiger partial charge is 0.325 e. The largest absolute Gasteiger partial charge is 0.468 e. The van der Waals surface area contributed by atoms with Crippen LogP contribution in [0.1, 0.15) is 17.4 Å². The predicted molar refractivity (Wildman–Crippen MR) is 72.4 cm³/mol. The lowest BCUT2D eigenvalue weighted by Crippen LogP contribution is -2.36. The highest BCUT2D eigenvalue weighted by molar-refractivity contribution is 7.98. The number of hydrogen-bond acceptors (Lipinski definition) is 6. The Morgan fingerprint density at radius 3 is 2.74 bits per heavy atom. The van der Waals surface area contributed by atoms with Crippen molar-refractivity contribution in [3.63, 3.8) is 0 Å². The fourth-order valence-corrected chi connectivity index (χ4v) is 1.81. The molecule has 1 amide bonds. The fraction of sp³-hybridized carbons (Fsp3) is 0.455. The van der Waals surface area contributed by atoms with E-state index < -0.39 is 11.9 Å². The summed E-state index contributed by atoms with van der Waals surface area (Å²) in [5.74, 6) is -0.916. The van der Waals surface area contributed by atoms with E-state index in [1.54, 1.807) is 13.2 Å². The molecule has 1 aromatic rings. The van der Waals surface area contributed by atoms with E-state index in [2.05, 4.69) is 14.7 Å². The van der Waals surface area contributed by atoms with Gasteiger partial charge in [-0.15, -0.1) is 0 Å². The number of carbonyl (C=O) groups excluding carboxylic acids is 2. The molecule has 0 saturated heterocycles. The third kappa shape index (κ3) is 4.07. The van der Waals surface area contributed by atoms with E-state index in [1.807, 2.05) is 0 Å². The van der Waals surface area contributed by atoms with Gasteiger partial charge in [0.1, 0.15) is 6.54 Å². The van der Waals surface area contributed by atoms with Crippen molar-refractivity contribution in [2.24, 2.45) is 0 Å². The van der Waals surface area contributed by atoms with Gasteiger partial charge in [-0.25, -0.2) is 9.97 Å². The molecule has 0 bridgehead atoms. The minimum atomic E-state index is -0.495. The summed E-state index contributed by atoms with van der Waals surface area (Å²) in [6.07, 6.45) is 3.17. The molecule has 0 aliphatic carbocycles. The summed E-state index contributed by atoms with van der Waals surface area (Å²) >= 11 is 7.23. The van der Waals surface area contributed by atoms with Crippen LogP contribution in [0.5, 0.6) is 0 Å². The molecule has 0 radical (unpaired) electrons. The molecule has 1 rings (SSSR count). The SMILES string of the molecule is CCN(CC(=O)OC)C(=O)c1nc(SC)ncc1Cl. The van der Waals surface area contributed by atoms with Crippen molar-refractivity contribution < 1.29 is 14.3 Å². The molecule has 8 heteroatoms. The molecule has 1 heterocycles. The van der Waals surface area contributed by atoms with Gasteiger partial charge in [-0.1, -0.05) is 23.4 Å². The van der Waals surface area contributed by atoms with Crippen molar-refractivity contribution in [2.75, 3.05) is 26.5 Å². The second kappa shape index (κ2) is 7.30. The number of esters is 1. The zero-order chi connectivity index (χ0) is 14.4. The van der Waals surface area contributed by atoms with Crippen LogP contribution in [0.2, 0.25) is 5.02 Å². The third-order valence-electron chi connectivity index (χ3n) is 2.32. The van der Waals surface area contributed by atoms with E-state index in [4.69, 9.17) is 11.6 Å². The van der Waals surface area contributed by atoms with Gasteiger partial charge in [0.25, 0.3) is 5.91 Å². The van der Waals surface area contributed by atoms with Crippen molar-refractivity contribution in [1.82, 2.24) is 14.9 Å². The van der Waals surface area contributed by atoms with Crippen LogP contribution < -0.4 is 0 Å². The van der Waals surface area contributed by atoms with Gasteiger partial charge in [-0.3, -0.25) is 9.59 Å².